The van der Waals surface area contributed by atoms with Crippen molar-refractivity contribution in [2.75, 3.05) is 46.1 Å². The molecule has 138 valence electrons. The number of carbonyl (C=O) groups is 3. The Morgan fingerprint density at radius 3 is 2.28 bits per heavy atom. The van der Waals surface area contributed by atoms with Crippen LogP contribution >= 0.6 is 0 Å². The maximum Gasteiger partial charge on any atom is 0.253 e. The molecule has 0 aromatic heterocycles. The predicted molar refractivity (Wildman–Crippen MR) is 98.4 cm³/mol. The highest BCUT2D eigenvalue weighted by atomic mass is 16.2. The summed E-state index contributed by atoms with van der Waals surface area (Å²) in [5, 5.41) is 5.59. The lowest BCUT2D eigenvalue weighted by atomic mass is 10.1. The summed E-state index contributed by atoms with van der Waals surface area (Å²) in [6.07, 6.45) is 0. The molecule has 1 aromatic carbocycles. The normalized spacial score (nSPS) is 10.7. The summed E-state index contributed by atoms with van der Waals surface area (Å²) in [5.41, 5.74) is 0.879. The van der Waals surface area contributed by atoms with Crippen LogP contribution in [0.5, 0.6) is 0 Å². The van der Waals surface area contributed by atoms with Crippen LogP contribution in [0.1, 0.15) is 24.2 Å². The van der Waals surface area contributed by atoms with Gasteiger partial charge in [-0.15, -0.1) is 0 Å². The molecule has 0 heterocycles. The topological polar surface area (TPSA) is 81.8 Å². The number of nitrogens with one attached hydrogen (secondary N) is 2. The molecule has 0 saturated carbocycles. The van der Waals surface area contributed by atoms with Gasteiger partial charge in [0.1, 0.15) is 0 Å². The zero-order valence-electron chi connectivity index (χ0n) is 15.6. The van der Waals surface area contributed by atoms with E-state index in [1.807, 2.05) is 13.8 Å². The smallest absolute Gasteiger partial charge is 0.253 e. The van der Waals surface area contributed by atoms with Crippen molar-refractivity contribution in [1.82, 2.24) is 15.1 Å². The molecule has 25 heavy (non-hydrogen) atoms. The van der Waals surface area contributed by atoms with E-state index in [0.717, 1.165) is 0 Å². The van der Waals surface area contributed by atoms with Crippen LogP contribution in [0, 0.1) is 5.92 Å². The van der Waals surface area contributed by atoms with E-state index in [1.54, 1.807) is 50.3 Å². The van der Waals surface area contributed by atoms with Crippen molar-refractivity contribution in [3.63, 3.8) is 0 Å². The summed E-state index contributed by atoms with van der Waals surface area (Å²) < 4.78 is 0. The lowest BCUT2D eigenvalue weighted by Gasteiger charge is -2.19. The van der Waals surface area contributed by atoms with Crippen LogP contribution in [0.25, 0.3) is 0 Å². The molecule has 0 spiro atoms. The van der Waals surface area contributed by atoms with Gasteiger partial charge in [0, 0.05) is 20.6 Å². The van der Waals surface area contributed by atoms with E-state index in [4.69, 9.17) is 0 Å². The molecule has 0 fully saturated rings. The second-order valence-electron chi connectivity index (χ2n) is 6.66. The number of hydrogen-bond donors (Lipinski definition) is 2. The first-order chi connectivity index (χ1) is 11.7. The molecule has 2 N–H and O–H groups in total. The quantitative estimate of drug-likeness (QED) is 0.735. The van der Waals surface area contributed by atoms with Gasteiger partial charge in [-0.1, -0.05) is 26.0 Å². The van der Waals surface area contributed by atoms with Crippen LogP contribution in [0.4, 0.5) is 5.69 Å². The molecule has 3 amide bonds. The Morgan fingerprint density at radius 2 is 1.68 bits per heavy atom. The van der Waals surface area contributed by atoms with Gasteiger partial charge in [0.05, 0.1) is 24.3 Å². The largest absolute Gasteiger partial charge is 0.352 e. The van der Waals surface area contributed by atoms with Crippen LogP contribution in [0.3, 0.4) is 0 Å². The number of para-hydroxylation sites is 1. The van der Waals surface area contributed by atoms with Gasteiger partial charge in [-0.2, -0.15) is 0 Å². The predicted octanol–water partition coefficient (Wildman–Crippen LogP) is 1.03. The van der Waals surface area contributed by atoms with Gasteiger partial charge in [-0.3, -0.25) is 19.3 Å². The van der Waals surface area contributed by atoms with Crippen molar-refractivity contribution in [2.45, 2.75) is 13.8 Å². The van der Waals surface area contributed by atoms with Crippen LogP contribution in [0.15, 0.2) is 24.3 Å². The first-order valence-electron chi connectivity index (χ1n) is 8.26. The number of rotatable bonds is 8. The molecule has 7 nitrogen and oxygen atoms in total. The van der Waals surface area contributed by atoms with Crippen LogP contribution < -0.4 is 10.6 Å². The molecule has 0 aliphatic heterocycles. The first kappa shape index (κ1) is 20.6. The third-order valence-electron chi connectivity index (χ3n) is 3.43. The van der Waals surface area contributed by atoms with Gasteiger partial charge < -0.3 is 15.5 Å². The van der Waals surface area contributed by atoms with Crippen LogP contribution in [0.2, 0.25) is 0 Å². The third-order valence-corrected chi connectivity index (χ3v) is 3.43. The third kappa shape index (κ3) is 7.34. The number of amides is 3. The highest BCUT2D eigenvalue weighted by Gasteiger charge is 2.15. The van der Waals surface area contributed by atoms with Gasteiger partial charge in [0.15, 0.2) is 0 Å². The summed E-state index contributed by atoms with van der Waals surface area (Å²) in [6, 6.07) is 6.87. The van der Waals surface area contributed by atoms with Gasteiger partial charge in [-0.25, -0.2) is 0 Å². The zero-order chi connectivity index (χ0) is 19.0. The molecule has 0 unspecified atom stereocenters. The molecule has 0 radical (unpaired) electrons. The number of likely N-dealkylation sites (N-methyl/N-ethyl adjacent to an activating group) is 2. The molecule has 0 saturated heterocycles. The highest BCUT2D eigenvalue weighted by Crippen LogP contribution is 2.15. The Balaban J connectivity index is 2.68. The Morgan fingerprint density at radius 1 is 1.04 bits per heavy atom. The lowest BCUT2D eigenvalue weighted by molar-refractivity contribution is -0.130. The Hall–Kier alpha value is -2.41. The minimum absolute atomic E-state index is 0.0571. The summed E-state index contributed by atoms with van der Waals surface area (Å²) in [6.45, 7) is 4.80. The van der Waals surface area contributed by atoms with Crippen LogP contribution in [-0.2, 0) is 9.59 Å². The van der Waals surface area contributed by atoms with Crippen molar-refractivity contribution >= 4 is 23.4 Å². The number of hydrogen-bond acceptors (Lipinski definition) is 4. The minimum atomic E-state index is -0.279. The van der Waals surface area contributed by atoms with Gasteiger partial charge in [-0.05, 0) is 25.1 Å². The average molecular weight is 348 g/mol. The number of carbonyl (C=O) groups excluding carboxylic acids is 3. The first-order valence-corrected chi connectivity index (χ1v) is 8.26. The summed E-state index contributed by atoms with van der Waals surface area (Å²) in [7, 11) is 5.03. The number of nitrogens with zero attached hydrogens (tertiary/aromatic N) is 2. The van der Waals surface area contributed by atoms with E-state index in [9.17, 15) is 14.4 Å². The Labute approximate surface area is 149 Å². The molecular formula is C18H28N4O3. The molecule has 0 aliphatic carbocycles. The van der Waals surface area contributed by atoms with Crippen molar-refractivity contribution in [2.24, 2.45) is 5.92 Å². The van der Waals surface area contributed by atoms with E-state index < -0.39 is 0 Å². The number of anilines is 1. The highest BCUT2D eigenvalue weighted by molar-refractivity contribution is 6.04. The standard InChI is InChI=1S/C18H28N4O3/c1-13(2)10-19-18(25)14-8-6-7-9-15(14)20-16(23)11-22(5)12-17(24)21(3)4/h6-9,13H,10-12H2,1-5H3,(H,19,25)(H,20,23). The van der Waals surface area contributed by atoms with E-state index in [2.05, 4.69) is 10.6 Å². The number of benzene rings is 1. The fourth-order valence-corrected chi connectivity index (χ4v) is 2.05. The molecule has 7 heteroatoms. The van der Waals surface area contributed by atoms with E-state index in [-0.39, 0.29) is 30.8 Å². The second-order valence-corrected chi connectivity index (χ2v) is 6.66. The zero-order valence-corrected chi connectivity index (χ0v) is 15.6. The lowest BCUT2D eigenvalue weighted by Crippen LogP contribution is -2.38. The van der Waals surface area contributed by atoms with Crippen molar-refractivity contribution in [1.29, 1.82) is 0 Å². The average Bonchev–Trinajstić information content (AvgIpc) is 2.52. The summed E-state index contributed by atoms with van der Waals surface area (Å²) >= 11 is 0. The molecular weight excluding hydrogens is 320 g/mol. The van der Waals surface area contributed by atoms with Crippen molar-refractivity contribution in [3.05, 3.63) is 29.8 Å². The fourth-order valence-electron chi connectivity index (χ4n) is 2.05. The molecule has 1 rings (SSSR count). The van der Waals surface area contributed by atoms with Gasteiger partial charge in [0.25, 0.3) is 5.91 Å². The minimum Gasteiger partial charge on any atom is -0.352 e. The van der Waals surface area contributed by atoms with Crippen molar-refractivity contribution in [3.8, 4) is 0 Å². The Kier molecular flexibility index (Phi) is 8.07. The molecule has 1 aromatic rings. The maximum atomic E-state index is 12.3. The maximum absolute atomic E-state index is 12.3. The second kappa shape index (κ2) is 9.78. The van der Waals surface area contributed by atoms with E-state index >= 15 is 0 Å². The SMILES string of the molecule is CC(C)CNC(=O)c1ccccc1NC(=O)CN(C)CC(=O)N(C)C. The molecule has 0 aliphatic rings. The fraction of sp³-hybridized carbons (Fsp3) is 0.500. The van der Waals surface area contributed by atoms with Gasteiger partial charge in [0.2, 0.25) is 11.8 Å². The van der Waals surface area contributed by atoms with E-state index in [0.29, 0.717) is 23.7 Å². The Bertz CT molecular complexity index is 614. The molecule has 0 atom stereocenters. The molecule has 0 bridgehead atoms. The van der Waals surface area contributed by atoms with Gasteiger partial charge >= 0.3 is 0 Å². The summed E-state index contributed by atoms with van der Waals surface area (Å²) in [4.78, 5) is 39.2. The summed E-state index contributed by atoms with van der Waals surface area (Å²) in [5.74, 6) is -0.240. The van der Waals surface area contributed by atoms with E-state index in [1.165, 1.54) is 4.90 Å². The monoisotopic (exact) mass is 348 g/mol. The van der Waals surface area contributed by atoms with Crippen LogP contribution in [-0.4, -0.2) is 68.3 Å². The van der Waals surface area contributed by atoms with Crippen molar-refractivity contribution < 1.29 is 14.4 Å².